The van der Waals surface area contributed by atoms with Crippen LogP contribution in [0.2, 0.25) is 0 Å². The fraction of sp³-hybridized carbons (Fsp3) is 0.444. The molecule has 0 saturated heterocycles. The number of hydrogen-bond acceptors (Lipinski definition) is 6. The van der Waals surface area contributed by atoms with Gasteiger partial charge in [0.15, 0.2) is 11.5 Å². The summed E-state index contributed by atoms with van der Waals surface area (Å²) in [6.45, 7) is 4.97. The van der Waals surface area contributed by atoms with Crippen molar-refractivity contribution < 1.29 is 28.5 Å². The molecule has 0 aromatic heterocycles. The minimum atomic E-state index is -3.19. The van der Waals surface area contributed by atoms with E-state index in [1.807, 2.05) is 30.3 Å². The lowest BCUT2D eigenvalue weighted by atomic mass is 9.79. The lowest BCUT2D eigenvalue weighted by Gasteiger charge is -2.42. The molecule has 3 N–H and O–H groups in total. The van der Waals surface area contributed by atoms with E-state index in [1.165, 1.54) is 7.11 Å². The standard InChI is InChI=1S/C27H37NO6S/c1-4-6-14-27(15-7-5-2)19-28(21-11-9-8-10-12-21)22-17-23(33-3)24(34-16-13-26(29)30)18-25(22)35(31,32)20-27/h8-13,16-18,31-32H,4-7,14-15,19-20H2,1-3H3,(H,29,30). The maximum Gasteiger partial charge on any atom is 0.331 e. The topological polar surface area (TPSA) is 99.5 Å². The number of carbonyl (C=O) groups is 1. The normalized spacial score (nSPS) is 17.5. The van der Waals surface area contributed by atoms with Crippen LogP contribution in [-0.2, 0) is 4.79 Å². The number of rotatable bonds is 11. The molecule has 0 atom stereocenters. The molecule has 2 aromatic rings. The maximum absolute atomic E-state index is 11.6. The van der Waals surface area contributed by atoms with Crippen LogP contribution in [0.1, 0.15) is 52.4 Å². The fourth-order valence-corrected chi connectivity index (χ4v) is 6.95. The van der Waals surface area contributed by atoms with Crippen molar-refractivity contribution in [3.05, 3.63) is 54.8 Å². The molecule has 3 rings (SSSR count). The third-order valence-corrected chi connectivity index (χ3v) is 8.53. The summed E-state index contributed by atoms with van der Waals surface area (Å²) < 4.78 is 34.3. The number of unbranched alkanes of at least 4 members (excludes halogenated alkanes) is 2. The third-order valence-electron chi connectivity index (χ3n) is 6.48. The number of hydrogen-bond donors (Lipinski definition) is 3. The zero-order chi connectivity index (χ0) is 25.5. The van der Waals surface area contributed by atoms with Gasteiger partial charge in [0.05, 0.1) is 30.0 Å². The van der Waals surface area contributed by atoms with E-state index in [1.54, 1.807) is 12.1 Å². The van der Waals surface area contributed by atoms with Gasteiger partial charge in [-0.25, -0.2) is 4.79 Å². The van der Waals surface area contributed by atoms with Crippen LogP contribution in [0.15, 0.2) is 59.7 Å². The first-order valence-corrected chi connectivity index (χ1v) is 13.8. The summed E-state index contributed by atoms with van der Waals surface area (Å²) in [5, 5.41) is 8.91. The molecule has 7 nitrogen and oxygen atoms in total. The van der Waals surface area contributed by atoms with Crippen molar-refractivity contribution in [3.63, 3.8) is 0 Å². The van der Waals surface area contributed by atoms with E-state index in [2.05, 4.69) is 18.7 Å². The molecule has 1 heterocycles. The Morgan fingerprint density at radius 3 is 2.31 bits per heavy atom. The first kappa shape index (κ1) is 26.9. The number of fused-ring (bicyclic) bond motifs is 1. The highest BCUT2D eigenvalue weighted by atomic mass is 32.3. The van der Waals surface area contributed by atoms with Crippen molar-refractivity contribution in [3.8, 4) is 11.5 Å². The van der Waals surface area contributed by atoms with Gasteiger partial charge in [-0.1, -0.05) is 57.7 Å². The second-order valence-electron chi connectivity index (χ2n) is 9.17. The van der Waals surface area contributed by atoms with Crippen LogP contribution in [0.25, 0.3) is 0 Å². The summed E-state index contributed by atoms with van der Waals surface area (Å²) in [6.07, 6.45) is 7.82. The summed E-state index contributed by atoms with van der Waals surface area (Å²) in [5.41, 5.74) is 1.35. The van der Waals surface area contributed by atoms with Gasteiger partial charge in [0.2, 0.25) is 0 Å². The van der Waals surface area contributed by atoms with Gasteiger partial charge in [-0.05, 0) is 25.0 Å². The highest BCUT2D eigenvalue weighted by Gasteiger charge is 2.42. The molecule has 192 valence electrons. The Kier molecular flexibility index (Phi) is 9.10. The average molecular weight is 504 g/mol. The van der Waals surface area contributed by atoms with Crippen LogP contribution in [0.4, 0.5) is 11.4 Å². The Labute approximate surface area is 209 Å². The van der Waals surface area contributed by atoms with Crippen molar-refractivity contribution in [1.29, 1.82) is 0 Å². The predicted octanol–water partition coefficient (Wildman–Crippen LogP) is 7.30. The second kappa shape index (κ2) is 11.8. The highest BCUT2D eigenvalue weighted by molar-refractivity contribution is 8.24. The molecule has 0 saturated carbocycles. The smallest absolute Gasteiger partial charge is 0.331 e. The fourth-order valence-electron chi connectivity index (χ4n) is 4.76. The molecule has 0 spiro atoms. The third kappa shape index (κ3) is 6.51. The van der Waals surface area contributed by atoms with Gasteiger partial charge in [0.1, 0.15) is 0 Å². The first-order chi connectivity index (χ1) is 16.7. The molecular weight excluding hydrogens is 466 g/mol. The number of aliphatic carboxylic acids is 1. The SMILES string of the molecule is CCCCC1(CCCC)CN(c2ccccc2)c2cc(OC)c(OC=CC(=O)O)cc2S(O)(O)C1. The Balaban J connectivity index is 2.20. The lowest BCUT2D eigenvalue weighted by Crippen LogP contribution is -2.37. The van der Waals surface area contributed by atoms with Crippen LogP contribution < -0.4 is 14.4 Å². The summed E-state index contributed by atoms with van der Waals surface area (Å²) >= 11 is 0. The zero-order valence-corrected chi connectivity index (χ0v) is 21.6. The average Bonchev–Trinajstić information content (AvgIpc) is 2.93. The molecule has 1 aliphatic rings. The molecule has 0 radical (unpaired) electrons. The van der Waals surface area contributed by atoms with Crippen molar-refractivity contribution in [2.75, 3.05) is 24.3 Å². The second-order valence-corrected chi connectivity index (χ2v) is 11.2. The number of para-hydroxylation sites is 1. The van der Waals surface area contributed by atoms with Gasteiger partial charge in [0, 0.05) is 35.5 Å². The molecule has 0 bridgehead atoms. The molecule has 0 amide bonds. The summed E-state index contributed by atoms with van der Waals surface area (Å²) in [4.78, 5) is 13.4. The number of anilines is 2. The van der Waals surface area contributed by atoms with E-state index in [9.17, 15) is 13.9 Å². The van der Waals surface area contributed by atoms with Gasteiger partial charge in [-0.15, -0.1) is 0 Å². The minimum Gasteiger partial charge on any atom is -0.493 e. The van der Waals surface area contributed by atoms with Gasteiger partial charge in [-0.2, -0.15) is 10.6 Å². The summed E-state index contributed by atoms with van der Waals surface area (Å²) in [5.74, 6) is -0.265. The Bertz CT molecular complexity index is 1020. The maximum atomic E-state index is 11.6. The first-order valence-electron chi connectivity index (χ1n) is 12.1. The minimum absolute atomic E-state index is 0.228. The number of methoxy groups -OCH3 is 1. The quantitative estimate of drug-likeness (QED) is 0.218. The van der Waals surface area contributed by atoms with E-state index in [0.29, 0.717) is 22.9 Å². The van der Waals surface area contributed by atoms with E-state index < -0.39 is 16.6 Å². The van der Waals surface area contributed by atoms with Gasteiger partial charge in [-0.3, -0.25) is 9.11 Å². The van der Waals surface area contributed by atoms with Crippen molar-refractivity contribution in [2.24, 2.45) is 5.41 Å². The number of carboxylic acid groups (broad SMARTS) is 1. The van der Waals surface area contributed by atoms with Crippen LogP contribution in [0.3, 0.4) is 0 Å². The number of carboxylic acids is 1. The molecule has 35 heavy (non-hydrogen) atoms. The lowest BCUT2D eigenvalue weighted by molar-refractivity contribution is -0.131. The highest BCUT2D eigenvalue weighted by Crippen LogP contribution is 2.62. The molecular formula is C27H37NO6S. The Hall–Kier alpha value is -2.68. The molecule has 1 aliphatic heterocycles. The van der Waals surface area contributed by atoms with Gasteiger partial charge in [0.25, 0.3) is 0 Å². The van der Waals surface area contributed by atoms with E-state index in [0.717, 1.165) is 56.6 Å². The molecule has 0 unspecified atom stereocenters. The Morgan fingerprint density at radius 1 is 1.09 bits per heavy atom. The van der Waals surface area contributed by atoms with E-state index >= 15 is 0 Å². The van der Waals surface area contributed by atoms with Gasteiger partial charge >= 0.3 is 5.97 Å². The van der Waals surface area contributed by atoms with Crippen molar-refractivity contribution >= 4 is 27.9 Å². The van der Waals surface area contributed by atoms with Gasteiger partial charge < -0.3 is 19.5 Å². The largest absolute Gasteiger partial charge is 0.493 e. The van der Waals surface area contributed by atoms with Crippen LogP contribution in [0, 0.1) is 5.41 Å². The summed E-state index contributed by atoms with van der Waals surface area (Å²) in [7, 11) is -1.69. The van der Waals surface area contributed by atoms with Crippen LogP contribution >= 0.6 is 10.6 Å². The number of benzene rings is 2. The van der Waals surface area contributed by atoms with Crippen molar-refractivity contribution in [2.45, 2.75) is 57.3 Å². The number of ether oxygens (including phenoxy) is 2. The number of nitrogens with zero attached hydrogens (tertiary/aromatic N) is 1. The van der Waals surface area contributed by atoms with E-state index in [4.69, 9.17) is 14.6 Å². The van der Waals surface area contributed by atoms with Crippen LogP contribution in [0.5, 0.6) is 11.5 Å². The molecule has 2 aromatic carbocycles. The van der Waals surface area contributed by atoms with E-state index in [-0.39, 0.29) is 16.9 Å². The summed E-state index contributed by atoms with van der Waals surface area (Å²) in [6, 6.07) is 13.3. The molecule has 8 heteroatoms. The Morgan fingerprint density at radius 2 is 1.74 bits per heavy atom. The molecule has 0 aliphatic carbocycles. The van der Waals surface area contributed by atoms with Crippen LogP contribution in [-0.4, -0.2) is 39.6 Å². The predicted molar refractivity (Wildman–Crippen MR) is 141 cm³/mol. The monoisotopic (exact) mass is 503 g/mol. The molecule has 0 fully saturated rings. The van der Waals surface area contributed by atoms with Crippen molar-refractivity contribution in [1.82, 2.24) is 0 Å². The zero-order valence-electron chi connectivity index (χ0n) is 20.8.